The van der Waals surface area contributed by atoms with E-state index in [4.69, 9.17) is 24.9 Å². The Hall–Kier alpha value is -5.06. The maximum atomic E-state index is 12.8. The summed E-state index contributed by atoms with van der Waals surface area (Å²) in [7, 11) is 1.62. The van der Waals surface area contributed by atoms with E-state index >= 15 is 0 Å². The third-order valence-corrected chi connectivity index (χ3v) is 8.30. The lowest BCUT2D eigenvalue weighted by atomic mass is 9.86. The quantitative estimate of drug-likeness (QED) is 0.232. The zero-order valence-electron chi connectivity index (χ0n) is 24.4. The first-order chi connectivity index (χ1) is 21.3. The first kappa shape index (κ1) is 29.0. The molecule has 0 unspecified atom stereocenters. The van der Waals surface area contributed by atoms with Crippen LogP contribution in [0.2, 0.25) is 0 Å². The molecule has 1 saturated carbocycles. The molecule has 1 saturated heterocycles. The zero-order chi connectivity index (χ0) is 30.8. The maximum absolute atomic E-state index is 12.8. The van der Waals surface area contributed by atoms with Crippen molar-refractivity contribution in [1.29, 1.82) is 0 Å². The lowest BCUT2D eigenvalue weighted by Crippen LogP contribution is -2.36. The summed E-state index contributed by atoms with van der Waals surface area (Å²) in [5.74, 6) is 1.54. The summed E-state index contributed by atoms with van der Waals surface area (Å²) in [5.41, 5.74) is 7.99. The molecule has 11 heteroatoms. The van der Waals surface area contributed by atoms with Crippen LogP contribution in [0.3, 0.4) is 0 Å². The Morgan fingerprint density at radius 3 is 2.36 bits per heavy atom. The number of hydrogen-bond donors (Lipinski definition) is 3. The Bertz CT molecular complexity index is 1760. The van der Waals surface area contributed by atoms with Gasteiger partial charge in [0.15, 0.2) is 0 Å². The predicted octanol–water partition coefficient (Wildman–Crippen LogP) is 4.92. The number of hydrogen-bond acceptors (Lipinski definition) is 7. The minimum atomic E-state index is -0.954. The number of nitrogens with zero attached hydrogens (tertiary/aromatic N) is 2. The summed E-state index contributed by atoms with van der Waals surface area (Å²) >= 11 is 0. The van der Waals surface area contributed by atoms with Crippen LogP contribution in [0.15, 0.2) is 59.4 Å². The molecule has 228 valence electrons. The van der Waals surface area contributed by atoms with E-state index in [0.29, 0.717) is 72.2 Å². The molecule has 6 rings (SSSR count). The number of amides is 2. The minimum absolute atomic E-state index is 0.0512. The Kier molecular flexibility index (Phi) is 8.10. The highest BCUT2D eigenvalue weighted by Crippen LogP contribution is 2.42. The predicted molar refractivity (Wildman–Crippen MR) is 163 cm³/mol. The van der Waals surface area contributed by atoms with Crippen molar-refractivity contribution in [2.24, 2.45) is 11.7 Å². The monoisotopic (exact) mass is 598 g/mol. The van der Waals surface area contributed by atoms with Gasteiger partial charge in [0.2, 0.25) is 0 Å². The van der Waals surface area contributed by atoms with Crippen LogP contribution in [0, 0.1) is 5.92 Å². The first-order valence-corrected chi connectivity index (χ1v) is 14.7. The van der Waals surface area contributed by atoms with Gasteiger partial charge >= 0.3 is 6.09 Å². The van der Waals surface area contributed by atoms with Crippen LogP contribution in [-0.4, -0.2) is 58.8 Å². The van der Waals surface area contributed by atoms with Crippen LogP contribution in [0.4, 0.5) is 4.79 Å². The van der Waals surface area contributed by atoms with Crippen LogP contribution < -0.4 is 25.5 Å². The van der Waals surface area contributed by atoms with Crippen molar-refractivity contribution in [3.05, 3.63) is 81.6 Å². The van der Waals surface area contributed by atoms with E-state index in [9.17, 15) is 19.5 Å². The van der Waals surface area contributed by atoms with E-state index in [-0.39, 0.29) is 18.1 Å². The number of nitrogens with one attached hydrogen (secondary N) is 1. The second-order valence-electron chi connectivity index (χ2n) is 11.3. The molecule has 2 aliphatic rings. The van der Waals surface area contributed by atoms with Crippen molar-refractivity contribution in [3.63, 3.8) is 0 Å². The average molecular weight is 599 g/mol. The SMILES string of the molecule is COc1ccc(COc2cccc(OCC3CC3)c2-c2cc(C3CCN(C(=O)O)CC3)c3cc(C(N)=O)c(=O)[nH]c3n2)cc1. The van der Waals surface area contributed by atoms with E-state index in [2.05, 4.69) is 4.98 Å². The number of benzene rings is 2. The highest BCUT2D eigenvalue weighted by Gasteiger charge is 2.28. The highest BCUT2D eigenvalue weighted by atomic mass is 16.5. The molecule has 0 bridgehead atoms. The largest absolute Gasteiger partial charge is 0.497 e. The van der Waals surface area contributed by atoms with Gasteiger partial charge in [-0.2, -0.15) is 0 Å². The topological polar surface area (TPSA) is 157 Å². The number of piperidine rings is 1. The molecule has 3 heterocycles. The smallest absolute Gasteiger partial charge is 0.407 e. The minimum Gasteiger partial charge on any atom is -0.497 e. The third-order valence-electron chi connectivity index (χ3n) is 8.30. The molecule has 4 aromatic rings. The molecule has 2 fully saturated rings. The third kappa shape index (κ3) is 6.17. The number of nitrogens with two attached hydrogens (primary N) is 1. The van der Waals surface area contributed by atoms with Gasteiger partial charge in [-0.25, -0.2) is 9.78 Å². The molecule has 44 heavy (non-hydrogen) atoms. The van der Waals surface area contributed by atoms with Gasteiger partial charge in [-0.15, -0.1) is 0 Å². The Morgan fingerprint density at radius 2 is 1.73 bits per heavy atom. The molecule has 2 aromatic heterocycles. The van der Waals surface area contributed by atoms with E-state index < -0.39 is 17.6 Å². The second-order valence-corrected chi connectivity index (χ2v) is 11.3. The molecular formula is C33H34N4O7. The van der Waals surface area contributed by atoms with Crippen LogP contribution in [0.25, 0.3) is 22.3 Å². The number of carbonyl (C=O) groups excluding carboxylic acids is 1. The Morgan fingerprint density at radius 1 is 1.02 bits per heavy atom. The average Bonchev–Trinajstić information content (AvgIpc) is 3.86. The fraction of sp³-hybridized carbons (Fsp3) is 0.333. The molecule has 0 radical (unpaired) electrons. The number of aromatic amines is 1. The number of aromatic nitrogens is 2. The van der Waals surface area contributed by atoms with Crippen LogP contribution in [0.1, 0.15) is 53.1 Å². The molecule has 0 spiro atoms. The number of H-pyrrole nitrogens is 1. The van der Waals surface area contributed by atoms with Crippen molar-refractivity contribution < 1.29 is 28.9 Å². The van der Waals surface area contributed by atoms with Gasteiger partial charge in [-0.05, 0) is 85.0 Å². The summed E-state index contributed by atoms with van der Waals surface area (Å²) in [6, 6.07) is 16.7. The van der Waals surface area contributed by atoms with E-state index in [1.807, 2.05) is 48.5 Å². The summed E-state index contributed by atoms with van der Waals surface area (Å²) in [4.78, 5) is 45.5. The van der Waals surface area contributed by atoms with Crippen LogP contribution in [-0.2, 0) is 6.61 Å². The number of carbonyl (C=O) groups is 2. The zero-order valence-corrected chi connectivity index (χ0v) is 24.4. The molecule has 4 N–H and O–H groups in total. The highest BCUT2D eigenvalue weighted by molar-refractivity contribution is 5.97. The van der Waals surface area contributed by atoms with Crippen LogP contribution >= 0.6 is 0 Å². The number of methoxy groups -OCH3 is 1. The lowest BCUT2D eigenvalue weighted by Gasteiger charge is -2.31. The normalized spacial score (nSPS) is 15.2. The molecule has 2 amide bonds. The first-order valence-electron chi connectivity index (χ1n) is 14.7. The molecule has 0 atom stereocenters. The van der Waals surface area contributed by atoms with E-state index in [1.165, 1.54) is 11.0 Å². The number of rotatable bonds is 10. The summed E-state index contributed by atoms with van der Waals surface area (Å²) in [6.07, 6.45) is 2.43. The fourth-order valence-corrected chi connectivity index (χ4v) is 5.62. The number of ether oxygens (including phenoxy) is 3. The van der Waals surface area contributed by atoms with Crippen molar-refractivity contribution in [2.75, 3.05) is 26.8 Å². The second kappa shape index (κ2) is 12.3. The van der Waals surface area contributed by atoms with E-state index in [0.717, 1.165) is 29.7 Å². The number of pyridine rings is 2. The van der Waals surface area contributed by atoms with Gasteiger partial charge in [0.25, 0.3) is 11.5 Å². The summed E-state index contributed by atoms with van der Waals surface area (Å²) < 4.78 is 17.9. The fourth-order valence-electron chi connectivity index (χ4n) is 5.62. The molecule has 11 nitrogen and oxygen atoms in total. The van der Waals surface area contributed by atoms with Gasteiger partial charge in [-0.3, -0.25) is 9.59 Å². The van der Waals surface area contributed by atoms with Gasteiger partial charge in [-0.1, -0.05) is 18.2 Å². The van der Waals surface area contributed by atoms with Crippen LogP contribution in [0.5, 0.6) is 17.2 Å². The van der Waals surface area contributed by atoms with Gasteiger partial charge in [0, 0.05) is 18.5 Å². The number of primary amides is 1. The molecule has 2 aromatic carbocycles. The van der Waals surface area contributed by atoms with E-state index in [1.54, 1.807) is 7.11 Å². The summed E-state index contributed by atoms with van der Waals surface area (Å²) in [5, 5.41) is 10.1. The number of fused-ring (bicyclic) bond motifs is 1. The molecule has 1 aliphatic heterocycles. The van der Waals surface area contributed by atoms with Crippen molar-refractivity contribution in [3.8, 4) is 28.5 Å². The molecule has 1 aliphatic carbocycles. The standard InChI is InChI=1S/C33H34N4O7/c1-42-22-9-7-20(8-10-22)18-44-28-4-2-3-27(43-17-19-5-6-19)29(28)26-16-23(21-11-13-37(14-12-21)33(40)41)24-15-25(30(34)38)32(39)36-31(24)35-26/h2-4,7-10,15-16,19,21H,5-6,11-14,17-18H2,1H3,(H2,34,38)(H,40,41)(H,35,36,39). The summed E-state index contributed by atoms with van der Waals surface area (Å²) in [6.45, 7) is 1.59. The Labute approximate surface area is 253 Å². The lowest BCUT2D eigenvalue weighted by molar-refractivity contribution is 0.0998. The van der Waals surface area contributed by atoms with Gasteiger partial charge < -0.3 is 34.9 Å². The molecular weight excluding hydrogens is 564 g/mol. The van der Waals surface area contributed by atoms with Gasteiger partial charge in [0.1, 0.15) is 35.1 Å². The Balaban J connectivity index is 1.46. The van der Waals surface area contributed by atoms with Gasteiger partial charge in [0.05, 0.1) is 25.0 Å². The number of carboxylic acid groups (broad SMARTS) is 1. The van der Waals surface area contributed by atoms with Crippen molar-refractivity contribution in [1.82, 2.24) is 14.9 Å². The maximum Gasteiger partial charge on any atom is 0.407 e. The van der Waals surface area contributed by atoms with Crippen molar-refractivity contribution >= 4 is 23.0 Å². The number of likely N-dealkylation sites (tertiary alicyclic amines) is 1. The van der Waals surface area contributed by atoms with Crippen molar-refractivity contribution in [2.45, 2.75) is 38.2 Å².